The van der Waals surface area contributed by atoms with Crippen LogP contribution in [0.3, 0.4) is 0 Å². The van der Waals surface area contributed by atoms with Gasteiger partial charge >= 0.3 is 6.03 Å². The van der Waals surface area contributed by atoms with Crippen LogP contribution in [0.15, 0.2) is 18.5 Å². The maximum atomic E-state index is 12.4. The number of hydrogen-bond donors (Lipinski definition) is 0. The summed E-state index contributed by atoms with van der Waals surface area (Å²) >= 11 is 0. The number of amides is 2. The van der Waals surface area contributed by atoms with Crippen LogP contribution in [0.4, 0.5) is 4.79 Å². The number of urea groups is 1. The summed E-state index contributed by atoms with van der Waals surface area (Å²) in [5, 5.41) is 4.18. The van der Waals surface area contributed by atoms with Crippen molar-refractivity contribution in [1.82, 2.24) is 19.6 Å². The van der Waals surface area contributed by atoms with E-state index < -0.39 is 0 Å². The van der Waals surface area contributed by atoms with Crippen LogP contribution in [0.2, 0.25) is 0 Å². The minimum absolute atomic E-state index is 0.0114. The van der Waals surface area contributed by atoms with Crippen LogP contribution in [-0.2, 0) is 16.0 Å². The lowest BCUT2D eigenvalue weighted by molar-refractivity contribution is -0.0769. The van der Waals surface area contributed by atoms with E-state index in [1.807, 2.05) is 21.8 Å². The summed E-state index contributed by atoms with van der Waals surface area (Å²) in [4.78, 5) is 15.9. The number of carbonyl (C=O) groups excluding carboxylic acids is 1. The fourth-order valence-corrected chi connectivity index (χ4v) is 3.43. The topological polar surface area (TPSA) is 59.8 Å². The Morgan fingerprint density at radius 1 is 1.48 bits per heavy atom. The molecule has 0 saturated carbocycles. The molecular weight excluding hydrogens is 296 g/mol. The van der Waals surface area contributed by atoms with Gasteiger partial charge in [0.05, 0.1) is 12.6 Å². The highest BCUT2D eigenvalue weighted by Crippen LogP contribution is 2.31. The Kier molecular flexibility index (Phi) is 5.17. The van der Waals surface area contributed by atoms with Crippen LogP contribution in [-0.4, -0.2) is 77.7 Å². The Hall–Kier alpha value is -1.60. The minimum atomic E-state index is -0.0261. The molecule has 2 aliphatic rings. The van der Waals surface area contributed by atoms with Gasteiger partial charge in [0.1, 0.15) is 12.2 Å². The minimum Gasteiger partial charge on any atom is -0.374 e. The maximum Gasteiger partial charge on any atom is 0.319 e. The van der Waals surface area contributed by atoms with Crippen LogP contribution < -0.4 is 0 Å². The van der Waals surface area contributed by atoms with Gasteiger partial charge in [0.2, 0.25) is 0 Å². The molecule has 1 aromatic heterocycles. The number of rotatable bonds is 5. The Balaban J connectivity index is 1.53. The summed E-state index contributed by atoms with van der Waals surface area (Å²) in [6, 6.07) is 2.12. The number of ether oxygens (including phenoxy) is 2. The molecule has 0 N–H and O–H groups in total. The molecule has 2 saturated heterocycles. The highest BCUT2D eigenvalue weighted by Gasteiger charge is 2.46. The second kappa shape index (κ2) is 7.31. The molecule has 3 atom stereocenters. The number of carbonyl (C=O) groups is 1. The second-order valence-electron chi connectivity index (χ2n) is 6.41. The average molecular weight is 322 g/mol. The van der Waals surface area contributed by atoms with E-state index in [0.717, 1.165) is 32.4 Å². The molecule has 0 spiro atoms. The molecule has 2 fully saturated rings. The van der Waals surface area contributed by atoms with E-state index in [2.05, 4.69) is 5.10 Å². The van der Waals surface area contributed by atoms with E-state index in [9.17, 15) is 4.79 Å². The van der Waals surface area contributed by atoms with Crippen LogP contribution in [0.25, 0.3) is 0 Å². The van der Waals surface area contributed by atoms with E-state index >= 15 is 0 Å². The number of likely N-dealkylation sites (tertiary alicyclic amines) is 1. The van der Waals surface area contributed by atoms with Crippen LogP contribution >= 0.6 is 0 Å². The molecule has 3 rings (SSSR count). The molecule has 2 aliphatic heterocycles. The van der Waals surface area contributed by atoms with Gasteiger partial charge in [-0.3, -0.25) is 4.68 Å². The Morgan fingerprint density at radius 2 is 2.35 bits per heavy atom. The van der Waals surface area contributed by atoms with Gasteiger partial charge in [-0.1, -0.05) is 0 Å². The monoisotopic (exact) mass is 322 g/mol. The van der Waals surface area contributed by atoms with Gasteiger partial charge in [-0.15, -0.1) is 0 Å². The van der Waals surface area contributed by atoms with Gasteiger partial charge in [0.15, 0.2) is 0 Å². The molecule has 0 aromatic carbocycles. The predicted molar refractivity (Wildman–Crippen MR) is 85.1 cm³/mol. The number of aryl methyl sites for hydroxylation is 1. The molecule has 128 valence electrons. The highest BCUT2D eigenvalue weighted by molar-refractivity contribution is 5.74. The van der Waals surface area contributed by atoms with E-state index in [-0.39, 0.29) is 24.3 Å². The SMILES string of the molecule is CN(C)C(=O)N1C[C@@H](OCCCn2cccn2)[C@H]2OCCC[C@H]21. The molecule has 2 amide bonds. The molecule has 7 nitrogen and oxygen atoms in total. The van der Waals surface area contributed by atoms with Crippen LogP contribution in [0.1, 0.15) is 19.3 Å². The third-order valence-electron chi connectivity index (χ3n) is 4.53. The molecule has 0 aliphatic carbocycles. The van der Waals surface area contributed by atoms with Crippen molar-refractivity contribution in [1.29, 1.82) is 0 Å². The molecular formula is C16H26N4O3. The summed E-state index contributed by atoms with van der Waals surface area (Å²) in [6.45, 7) is 2.88. The van der Waals surface area contributed by atoms with Crippen molar-refractivity contribution < 1.29 is 14.3 Å². The summed E-state index contributed by atoms with van der Waals surface area (Å²) in [5.74, 6) is 0. The average Bonchev–Trinajstić information content (AvgIpc) is 3.19. The highest BCUT2D eigenvalue weighted by atomic mass is 16.5. The molecule has 1 aromatic rings. The number of nitrogens with zero attached hydrogens (tertiary/aromatic N) is 4. The fraction of sp³-hybridized carbons (Fsp3) is 0.750. The first-order valence-corrected chi connectivity index (χ1v) is 8.35. The lowest BCUT2D eigenvalue weighted by Gasteiger charge is -2.33. The number of hydrogen-bond acceptors (Lipinski definition) is 4. The summed E-state index contributed by atoms with van der Waals surface area (Å²) in [7, 11) is 3.58. The first-order valence-electron chi connectivity index (χ1n) is 8.35. The van der Waals surface area contributed by atoms with E-state index in [1.54, 1.807) is 25.2 Å². The van der Waals surface area contributed by atoms with Crippen molar-refractivity contribution in [2.45, 2.75) is 44.1 Å². The van der Waals surface area contributed by atoms with Crippen molar-refractivity contribution in [3.8, 4) is 0 Å². The second-order valence-corrected chi connectivity index (χ2v) is 6.41. The Labute approximate surface area is 137 Å². The van der Waals surface area contributed by atoms with E-state index in [0.29, 0.717) is 13.2 Å². The first kappa shape index (κ1) is 16.3. The summed E-state index contributed by atoms with van der Waals surface area (Å²) in [5.41, 5.74) is 0. The third kappa shape index (κ3) is 3.67. The zero-order valence-corrected chi connectivity index (χ0v) is 13.9. The number of fused-ring (bicyclic) bond motifs is 1. The van der Waals surface area contributed by atoms with Gasteiger partial charge < -0.3 is 19.3 Å². The van der Waals surface area contributed by atoms with Crippen molar-refractivity contribution in [3.63, 3.8) is 0 Å². The maximum absolute atomic E-state index is 12.4. The summed E-state index contributed by atoms with van der Waals surface area (Å²) < 4.78 is 13.9. The van der Waals surface area contributed by atoms with E-state index in [1.165, 1.54) is 0 Å². The van der Waals surface area contributed by atoms with Crippen molar-refractivity contribution in [2.24, 2.45) is 0 Å². The largest absolute Gasteiger partial charge is 0.374 e. The van der Waals surface area contributed by atoms with Crippen molar-refractivity contribution in [2.75, 3.05) is 33.9 Å². The van der Waals surface area contributed by atoms with Crippen LogP contribution in [0.5, 0.6) is 0 Å². The normalized spacial score (nSPS) is 27.0. The zero-order chi connectivity index (χ0) is 16.2. The molecule has 23 heavy (non-hydrogen) atoms. The Bertz CT molecular complexity index is 505. The lowest BCUT2D eigenvalue weighted by Crippen LogP contribution is -2.47. The fourth-order valence-electron chi connectivity index (χ4n) is 3.43. The third-order valence-corrected chi connectivity index (χ3v) is 4.53. The van der Waals surface area contributed by atoms with Gasteiger partial charge in [0, 0.05) is 46.2 Å². The molecule has 0 bridgehead atoms. The Morgan fingerprint density at radius 3 is 3.09 bits per heavy atom. The molecule has 3 heterocycles. The van der Waals surface area contributed by atoms with Crippen molar-refractivity contribution in [3.05, 3.63) is 18.5 Å². The standard InChI is InChI=1S/C16H26N4O3/c1-18(2)16(21)20-12-14(15-13(20)6-3-10-23-15)22-11-5-9-19-8-4-7-17-19/h4,7-8,13-15H,3,5-6,9-12H2,1-2H3/t13-,14-,15+/m1/s1. The quantitative estimate of drug-likeness (QED) is 0.765. The lowest BCUT2D eigenvalue weighted by atomic mass is 10.0. The van der Waals surface area contributed by atoms with E-state index in [4.69, 9.17) is 9.47 Å². The van der Waals surface area contributed by atoms with Crippen LogP contribution in [0, 0.1) is 0 Å². The zero-order valence-electron chi connectivity index (χ0n) is 13.9. The molecule has 7 heteroatoms. The number of aromatic nitrogens is 2. The summed E-state index contributed by atoms with van der Waals surface area (Å²) in [6.07, 6.45) is 6.62. The smallest absolute Gasteiger partial charge is 0.319 e. The van der Waals surface area contributed by atoms with Crippen molar-refractivity contribution >= 4 is 6.03 Å². The van der Waals surface area contributed by atoms with Gasteiger partial charge in [-0.25, -0.2) is 4.79 Å². The predicted octanol–water partition coefficient (Wildman–Crippen LogP) is 1.20. The molecule has 0 unspecified atom stereocenters. The molecule has 0 radical (unpaired) electrons. The van der Waals surface area contributed by atoms with Gasteiger partial charge in [-0.05, 0) is 25.3 Å². The van der Waals surface area contributed by atoms with Gasteiger partial charge in [0.25, 0.3) is 0 Å². The first-order chi connectivity index (χ1) is 11.2. The van der Waals surface area contributed by atoms with Gasteiger partial charge in [-0.2, -0.15) is 5.10 Å².